The van der Waals surface area contributed by atoms with Crippen LogP contribution in [0.4, 0.5) is 10.5 Å². The highest BCUT2D eigenvalue weighted by Gasteiger charge is 2.15. The van der Waals surface area contributed by atoms with Crippen molar-refractivity contribution in [3.63, 3.8) is 0 Å². The summed E-state index contributed by atoms with van der Waals surface area (Å²) in [6.07, 6.45) is -0.808. The molecule has 2 aromatic rings. The van der Waals surface area contributed by atoms with E-state index in [0.29, 0.717) is 5.69 Å². The van der Waals surface area contributed by atoms with Crippen molar-refractivity contribution in [2.75, 3.05) is 5.32 Å². The van der Waals surface area contributed by atoms with Gasteiger partial charge in [-0.05, 0) is 30.3 Å². The summed E-state index contributed by atoms with van der Waals surface area (Å²) in [5.41, 5.74) is 0.358. The van der Waals surface area contributed by atoms with Crippen LogP contribution in [0.15, 0.2) is 46.9 Å². The summed E-state index contributed by atoms with van der Waals surface area (Å²) in [7, 11) is 0. The molecule has 0 aromatic heterocycles. The van der Waals surface area contributed by atoms with Gasteiger partial charge in [0.05, 0.1) is 0 Å². The van der Waals surface area contributed by atoms with Crippen LogP contribution in [0.5, 0.6) is 5.75 Å². The number of amides is 1. The van der Waals surface area contributed by atoms with E-state index in [2.05, 4.69) is 21.2 Å². The van der Waals surface area contributed by atoms with Crippen LogP contribution in [0, 0.1) is 0 Å². The summed E-state index contributed by atoms with van der Waals surface area (Å²) in [5.74, 6) is -1.33. The Bertz CT molecular complexity index is 705. The summed E-state index contributed by atoms with van der Waals surface area (Å²) in [6.45, 7) is 0. The molecule has 0 spiro atoms. The van der Waals surface area contributed by atoms with Gasteiger partial charge in [-0.25, -0.2) is 9.59 Å². The third kappa shape index (κ3) is 4.21. The monoisotopic (exact) mass is 369 g/mol. The van der Waals surface area contributed by atoms with Gasteiger partial charge in [-0.15, -0.1) is 0 Å². The van der Waals surface area contributed by atoms with Crippen molar-refractivity contribution in [1.29, 1.82) is 0 Å². The number of hydrogen-bond donors (Lipinski definition) is 2. The number of aromatic carboxylic acids is 1. The third-order valence-electron chi connectivity index (χ3n) is 2.45. The van der Waals surface area contributed by atoms with Crippen LogP contribution in [0.3, 0.4) is 0 Å². The van der Waals surface area contributed by atoms with E-state index in [1.165, 1.54) is 18.2 Å². The zero-order valence-corrected chi connectivity index (χ0v) is 12.8. The fraction of sp³-hybridized carbons (Fsp3) is 0. The van der Waals surface area contributed by atoms with Gasteiger partial charge in [0.1, 0.15) is 11.3 Å². The first-order valence-corrected chi connectivity index (χ1v) is 6.90. The Morgan fingerprint density at radius 1 is 1.19 bits per heavy atom. The molecular weight excluding hydrogens is 362 g/mol. The summed E-state index contributed by atoms with van der Waals surface area (Å²) in [6, 6.07) is 10.8. The van der Waals surface area contributed by atoms with E-state index in [1.54, 1.807) is 24.3 Å². The number of halogens is 2. The number of ether oxygens (including phenoxy) is 1. The lowest BCUT2D eigenvalue weighted by Gasteiger charge is -2.09. The Labute approximate surface area is 133 Å². The molecule has 0 radical (unpaired) electrons. The number of carboxylic acids is 1. The second-order valence-corrected chi connectivity index (χ2v) is 5.32. The van der Waals surface area contributed by atoms with Crippen molar-refractivity contribution in [2.24, 2.45) is 0 Å². The van der Waals surface area contributed by atoms with Gasteiger partial charge in [-0.1, -0.05) is 33.6 Å². The molecule has 108 valence electrons. The predicted octanol–water partition coefficient (Wildman–Crippen LogP) is 4.41. The minimum Gasteiger partial charge on any atom is -0.478 e. The zero-order chi connectivity index (χ0) is 15.4. The lowest BCUT2D eigenvalue weighted by atomic mass is 10.2. The lowest BCUT2D eigenvalue weighted by Crippen LogP contribution is -2.18. The number of hydrogen-bond acceptors (Lipinski definition) is 3. The van der Waals surface area contributed by atoms with E-state index in [9.17, 15) is 9.59 Å². The molecule has 0 aliphatic rings. The number of nitrogens with one attached hydrogen (secondary N) is 1. The van der Waals surface area contributed by atoms with E-state index in [1.807, 2.05) is 0 Å². The Hall–Kier alpha value is -2.05. The van der Waals surface area contributed by atoms with Crippen molar-refractivity contribution in [2.45, 2.75) is 0 Å². The molecule has 0 fully saturated rings. The maximum Gasteiger partial charge on any atom is 0.417 e. The number of rotatable bonds is 3. The number of anilines is 1. The van der Waals surface area contributed by atoms with Crippen LogP contribution in [0.1, 0.15) is 10.4 Å². The molecule has 2 aromatic carbocycles. The number of benzene rings is 2. The zero-order valence-electron chi connectivity index (χ0n) is 10.5. The molecule has 1 amide bonds. The van der Waals surface area contributed by atoms with E-state index in [-0.39, 0.29) is 16.3 Å². The first kappa shape index (κ1) is 15.3. The smallest absolute Gasteiger partial charge is 0.417 e. The molecule has 0 heterocycles. The SMILES string of the molecule is O=C(Nc1cccc(Br)c1)Oc1cc(Cl)ccc1C(=O)O. The number of carboxylic acid groups (broad SMARTS) is 1. The van der Waals surface area contributed by atoms with E-state index >= 15 is 0 Å². The van der Waals surface area contributed by atoms with Gasteiger partial charge < -0.3 is 9.84 Å². The average Bonchev–Trinajstić information content (AvgIpc) is 2.38. The largest absolute Gasteiger partial charge is 0.478 e. The minimum atomic E-state index is -1.21. The van der Waals surface area contributed by atoms with Crippen molar-refractivity contribution >= 4 is 45.3 Å². The van der Waals surface area contributed by atoms with Gasteiger partial charge in [0.15, 0.2) is 0 Å². The molecule has 0 bridgehead atoms. The summed E-state index contributed by atoms with van der Waals surface area (Å²) in [4.78, 5) is 22.9. The van der Waals surface area contributed by atoms with Crippen LogP contribution >= 0.6 is 27.5 Å². The van der Waals surface area contributed by atoms with Crippen LogP contribution in [0.25, 0.3) is 0 Å². The fourth-order valence-electron chi connectivity index (χ4n) is 1.57. The summed E-state index contributed by atoms with van der Waals surface area (Å²) >= 11 is 9.05. The second-order valence-electron chi connectivity index (χ2n) is 3.97. The van der Waals surface area contributed by atoms with E-state index in [0.717, 1.165) is 4.47 Å². The lowest BCUT2D eigenvalue weighted by molar-refractivity contribution is 0.0694. The standard InChI is InChI=1S/C14H9BrClNO4/c15-8-2-1-3-10(6-8)17-14(20)21-12-7-9(16)4-5-11(12)13(18)19/h1-7H,(H,17,20)(H,18,19). The summed E-state index contributed by atoms with van der Waals surface area (Å²) in [5, 5.41) is 11.8. The molecule has 0 aliphatic heterocycles. The van der Waals surface area contributed by atoms with Crippen LogP contribution < -0.4 is 10.1 Å². The molecule has 0 unspecified atom stereocenters. The normalized spacial score (nSPS) is 10.0. The molecule has 2 rings (SSSR count). The highest BCUT2D eigenvalue weighted by atomic mass is 79.9. The molecule has 0 saturated heterocycles. The Morgan fingerprint density at radius 2 is 1.95 bits per heavy atom. The average molecular weight is 371 g/mol. The Balaban J connectivity index is 2.16. The van der Waals surface area contributed by atoms with Crippen LogP contribution in [-0.4, -0.2) is 17.2 Å². The highest BCUT2D eigenvalue weighted by molar-refractivity contribution is 9.10. The molecule has 0 aliphatic carbocycles. The Kier molecular flexibility index (Phi) is 4.82. The van der Waals surface area contributed by atoms with Crippen LogP contribution in [-0.2, 0) is 0 Å². The van der Waals surface area contributed by atoms with Crippen molar-refractivity contribution in [3.05, 3.63) is 57.5 Å². The maximum absolute atomic E-state index is 11.8. The number of carbonyl (C=O) groups excluding carboxylic acids is 1. The summed E-state index contributed by atoms with van der Waals surface area (Å²) < 4.78 is 5.79. The van der Waals surface area contributed by atoms with Gasteiger partial charge in [0.2, 0.25) is 0 Å². The minimum absolute atomic E-state index is 0.123. The quantitative estimate of drug-likeness (QED) is 0.839. The maximum atomic E-state index is 11.8. The van der Waals surface area contributed by atoms with Gasteiger partial charge >= 0.3 is 12.1 Å². The first-order valence-electron chi connectivity index (χ1n) is 5.73. The fourth-order valence-corrected chi connectivity index (χ4v) is 2.13. The molecular formula is C14H9BrClNO4. The first-order chi connectivity index (χ1) is 9.95. The van der Waals surface area contributed by atoms with Crippen molar-refractivity contribution < 1.29 is 19.4 Å². The molecule has 7 heteroatoms. The number of carbonyl (C=O) groups is 2. The molecule has 5 nitrogen and oxygen atoms in total. The van der Waals surface area contributed by atoms with Crippen LogP contribution in [0.2, 0.25) is 5.02 Å². The molecule has 0 saturated carbocycles. The predicted molar refractivity (Wildman–Crippen MR) is 82.2 cm³/mol. The molecule has 0 atom stereocenters. The second kappa shape index (κ2) is 6.60. The van der Waals surface area contributed by atoms with E-state index < -0.39 is 12.1 Å². The highest BCUT2D eigenvalue weighted by Crippen LogP contribution is 2.24. The molecule has 2 N–H and O–H groups in total. The van der Waals surface area contributed by atoms with Crippen molar-refractivity contribution in [1.82, 2.24) is 0 Å². The molecule has 21 heavy (non-hydrogen) atoms. The Morgan fingerprint density at radius 3 is 2.62 bits per heavy atom. The van der Waals surface area contributed by atoms with Gasteiger partial charge in [-0.2, -0.15) is 0 Å². The van der Waals surface area contributed by atoms with Gasteiger partial charge in [-0.3, -0.25) is 5.32 Å². The van der Waals surface area contributed by atoms with Gasteiger partial charge in [0, 0.05) is 21.2 Å². The van der Waals surface area contributed by atoms with Crippen molar-refractivity contribution in [3.8, 4) is 5.75 Å². The van der Waals surface area contributed by atoms with Gasteiger partial charge in [0.25, 0.3) is 0 Å². The topological polar surface area (TPSA) is 75.6 Å². The van der Waals surface area contributed by atoms with E-state index in [4.69, 9.17) is 21.4 Å². The third-order valence-corrected chi connectivity index (χ3v) is 3.18.